The largest absolute Gasteiger partial charge is 0.493 e. The van der Waals surface area contributed by atoms with Crippen molar-refractivity contribution in [3.8, 4) is 5.75 Å². The smallest absolute Gasteiger partial charge is 0.257 e. The molecule has 1 atom stereocenters. The van der Waals surface area contributed by atoms with Crippen molar-refractivity contribution in [2.24, 2.45) is 5.92 Å². The maximum absolute atomic E-state index is 12.5. The number of hydrogen-bond donors (Lipinski definition) is 2. The Kier molecular flexibility index (Phi) is 5.25. The van der Waals surface area contributed by atoms with Crippen molar-refractivity contribution in [2.45, 2.75) is 37.9 Å². The van der Waals surface area contributed by atoms with Crippen LogP contribution in [0.2, 0.25) is 0 Å². The van der Waals surface area contributed by atoms with Crippen molar-refractivity contribution in [3.63, 3.8) is 0 Å². The van der Waals surface area contributed by atoms with Gasteiger partial charge in [-0.2, -0.15) is 0 Å². The molecule has 2 aliphatic carbocycles. The Labute approximate surface area is 148 Å². The predicted molar refractivity (Wildman–Crippen MR) is 95.2 cm³/mol. The predicted octanol–water partition coefficient (Wildman–Crippen LogP) is 2.50. The number of benzene rings is 1. The number of aliphatic hydroxyl groups excluding tert-OH is 2. The summed E-state index contributed by atoms with van der Waals surface area (Å²) in [6.45, 7) is 4.32. The average molecular weight is 343 g/mol. The van der Waals surface area contributed by atoms with Crippen LogP contribution in [0.3, 0.4) is 0 Å². The fourth-order valence-electron chi connectivity index (χ4n) is 3.14. The molecule has 0 spiro atoms. The summed E-state index contributed by atoms with van der Waals surface area (Å²) in [4.78, 5) is 14.0. The van der Waals surface area contributed by atoms with Gasteiger partial charge < -0.3 is 19.8 Å². The molecule has 134 valence electrons. The number of carbonyl (C=O) groups is 1. The molecule has 5 nitrogen and oxygen atoms in total. The molecule has 1 aromatic rings. The first-order chi connectivity index (χ1) is 12.0. The van der Waals surface area contributed by atoms with E-state index in [4.69, 9.17) is 4.74 Å². The second-order valence-corrected chi connectivity index (χ2v) is 6.94. The minimum absolute atomic E-state index is 0.161. The normalized spacial score (nSPS) is 27.2. The summed E-state index contributed by atoms with van der Waals surface area (Å²) in [5, 5.41) is 19.1. The number of ether oxygens (including phenoxy) is 1. The quantitative estimate of drug-likeness (QED) is 0.862. The number of aliphatic hydroxyl groups is 2. The molecule has 0 aliphatic heterocycles. The first kappa shape index (κ1) is 17.7. The van der Waals surface area contributed by atoms with E-state index >= 15 is 0 Å². The number of carbonyl (C=O) groups excluding carboxylic acids is 1. The van der Waals surface area contributed by atoms with Gasteiger partial charge in [0.05, 0.1) is 12.7 Å². The Morgan fingerprint density at radius 1 is 1.32 bits per heavy atom. The molecule has 2 fully saturated rings. The van der Waals surface area contributed by atoms with E-state index in [1.165, 1.54) is 4.90 Å². The van der Waals surface area contributed by atoms with Gasteiger partial charge in [-0.25, -0.2) is 0 Å². The molecular weight excluding hydrogens is 318 g/mol. The van der Waals surface area contributed by atoms with Gasteiger partial charge in [-0.1, -0.05) is 12.6 Å². The first-order valence-electron chi connectivity index (χ1n) is 8.72. The molecule has 2 aliphatic rings. The standard InChI is InChI=1S/C20H25NO4/c1-13-18(19(13)23)11-21(2)20(24)15-4-3-5-17(10-15)25-12-14-6-8-16(22)9-7-14/h3-5,10-11,14,16,19,22-23H,1,6-9,12H2,2H3/b18-11+. The van der Waals surface area contributed by atoms with E-state index in [-0.39, 0.29) is 12.0 Å². The van der Waals surface area contributed by atoms with Gasteiger partial charge in [0.2, 0.25) is 0 Å². The van der Waals surface area contributed by atoms with E-state index in [1.54, 1.807) is 31.4 Å². The summed E-state index contributed by atoms with van der Waals surface area (Å²) >= 11 is 0. The third-order valence-corrected chi connectivity index (χ3v) is 4.95. The Morgan fingerprint density at radius 3 is 2.64 bits per heavy atom. The van der Waals surface area contributed by atoms with Crippen LogP contribution in [0.4, 0.5) is 0 Å². The van der Waals surface area contributed by atoms with Crippen molar-refractivity contribution in [3.05, 3.63) is 53.8 Å². The number of nitrogens with zero attached hydrogens (tertiary/aromatic N) is 1. The summed E-state index contributed by atoms with van der Waals surface area (Å²) in [7, 11) is 1.66. The molecule has 0 radical (unpaired) electrons. The minimum atomic E-state index is -0.612. The van der Waals surface area contributed by atoms with Gasteiger partial charge in [-0.3, -0.25) is 4.79 Å². The fourth-order valence-corrected chi connectivity index (χ4v) is 3.14. The summed E-state index contributed by atoms with van der Waals surface area (Å²) in [6.07, 6.45) is 4.47. The third kappa shape index (κ3) is 4.30. The molecule has 0 aromatic heterocycles. The Hall–Kier alpha value is -2.11. The molecule has 25 heavy (non-hydrogen) atoms. The first-order valence-corrected chi connectivity index (χ1v) is 8.72. The van der Waals surface area contributed by atoms with E-state index < -0.39 is 6.10 Å². The number of amides is 1. The van der Waals surface area contributed by atoms with Gasteiger partial charge in [0.1, 0.15) is 11.9 Å². The van der Waals surface area contributed by atoms with Gasteiger partial charge in [-0.05, 0) is 55.4 Å². The summed E-state index contributed by atoms with van der Waals surface area (Å²) in [5.41, 5.74) is 1.90. The molecule has 0 saturated heterocycles. The summed E-state index contributed by atoms with van der Waals surface area (Å²) in [5.74, 6) is 0.970. The van der Waals surface area contributed by atoms with Crippen LogP contribution in [-0.2, 0) is 0 Å². The fraction of sp³-hybridized carbons (Fsp3) is 0.450. The maximum Gasteiger partial charge on any atom is 0.257 e. The molecule has 1 amide bonds. The van der Waals surface area contributed by atoms with Gasteiger partial charge in [0, 0.05) is 24.4 Å². The van der Waals surface area contributed by atoms with Gasteiger partial charge >= 0.3 is 0 Å². The van der Waals surface area contributed by atoms with E-state index in [1.807, 2.05) is 6.07 Å². The highest BCUT2D eigenvalue weighted by molar-refractivity contribution is 5.95. The van der Waals surface area contributed by atoms with E-state index in [9.17, 15) is 15.0 Å². The van der Waals surface area contributed by atoms with Crippen molar-refractivity contribution in [1.29, 1.82) is 0 Å². The molecule has 1 aromatic carbocycles. The van der Waals surface area contributed by atoms with Crippen molar-refractivity contribution >= 4 is 5.91 Å². The highest BCUT2D eigenvalue weighted by Gasteiger charge is 2.34. The number of rotatable bonds is 5. The van der Waals surface area contributed by atoms with Crippen LogP contribution in [0, 0.1) is 5.92 Å². The monoisotopic (exact) mass is 343 g/mol. The molecule has 2 N–H and O–H groups in total. The lowest BCUT2D eigenvalue weighted by atomic mass is 9.88. The third-order valence-electron chi connectivity index (χ3n) is 4.95. The second kappa shape index (κ2) is 7.42. The van der Waals surface area contributed by atoms with E-state index in [0.29, 0.717) is 35.0 Å². The topological polar surface area (TPSA) is 70.0 Å². The Bertz CT molecular complexity index is 689. The van der Waals surface area contributed by atoms with Crippen LogP contribution >= 0.6 is 0 Å². The maximum atomic E-state index is 12.5. The zero-order valence-corrected chi connectivity index (χ0v) is 14.5. The van der Waals surface area contributed by atoms with E-state index in [0.717, 1.165) is 25.7 Å². The molecule has 0 bridgehead atoms. The molecule has 1 unspecified atom stereocenters. The molecule has 5 heteroatoms. The zero-order valence-electron chi connectivity index (χ0n) is 14.5. The second-order valence-electron chi connectivity index (χ2n) is 6.94. The van der Waals surface area contributed by atoms with Crippen molar-refractivity contribution in [2.75, 3.05) is 13.7 Å². The van der Waals surface area contributed by atoms with Gasteiger partial charge in [0.25, 0.3) is 5.91 Å². The Balaban J connectivity index is 1.58. The van der Waals surface area contributed by atoms with Crippen LogP contribution in [0.25, 0.3) is 0 Å². The lowest BCUT2D eigenvalue weighted by Crippen LogP contribution is -2.23. The van der Waals surface area contributed by atoms with Crippen molar-refractivity contribution in [1.82, 2.24) is 4.90 Å². The minimum Gasteiger partial charge on any atom is -0.493 e. The molecular formula is C20H25NO4. The highest BCUT2D eigenvalue weighted by Crippen LogP contribution is 2.35. The van der Waals surface area contributed by atoms with Crippen LogP contribution in [0.15, 0.2) is 48.2 Å². The number of hydrogen-bond acceptors (Lipinski definition) is 4. The van der Waals surface area contributed by atoms with Crippen LogP contribution in [0.1, 0.15) is 36.0 Å². The lowest BCUT2D eigenvalue weighted by molar-refractivity contribution is 0.0845. The van der Waals surface area contributed by atoms with Gasteiger partial charge in [-0.15, -0.1) is 0 Å². The Morgan fingerprint density at radius 2 is 2.00 bits per heavy atom. The highest BCUT2D eigenvalue weighted by atomic mass is 16.5. The van der Waals surface area contributed by atoms with Crippen molar-refractivity contribution < 1.29 is 19.7 Å². The summed E-state index contributed by atoms with van der Waals surface area (Å²) in [6, 6.07) is 7.14. The lowest BCUT2D eigenvalue weighted by Gasteiger charge is -2.25. The van der Waals surface area contributed by atoms with E-state index in [2.05, 4.69) is 6.58 Å². The SMILES string of the molecule is C=C1/C(=C\N(C)C(=O)c2cccc(OCC3CCC(O)CC3)c2)C1O. The summed E-state index contributed by atoms with van der Waals surface area (Å²) < 4.78 is 5.86. The molecule has 0 heterocycles. The van der Waals surface area contributed by atoms with Crippen LogP contribution in [0.5, 0.6) is 5.75 Å². The average Bonchev–Trinajstić information content (AvgIpc) is 3.19. The molecule has 2 saturated carbocycles. The molecule has 3 rings (SSSR count). The van der Waals surface area contributed by atoms with Crippen LogP contribution < -0.4 is 4.74 Å². The zero-order chi connectivity index (χ0) is 18.0. The van der Waals surface area contributed by atoms with Gasteiger partial charge in [0.15, 0.2) is 0 Å². The van der Waals surface area contributed by atoms with Crippen LogP contribution in [-0.4, -0.2) is 46.9 Å².